The van der Waals surface area contributed by atoms with Crippen LogP contribution in [0.5, 0.6) is 0 Å². The van der Waals surface area contributed by atoms with Gasteiger partial charge in [-0.3, -0.25) is 14.6 Å². The lowest BCUT2D eigenvalue weighted by Crippen LogP contribution is -2.73. The van der Waals surface area contributed by atoms with Gasteiger partial charge in [-0.25, -0.2) is 22.9 Å². The maximum Gasteiger partial charge on any atom is 0.332 e. The number of hydrogen-bond donors (Lipinski definition) is 0. The minimum absolute atomic E-state index is 0.0369. The number of aromatic nitrogens is 1. The normalized spacial score (nSPS) is 19.5. The Kier molecular flexibility index (Phi) is 5.91. The van der Waals surface area contributed by atoms with Gasteiger partial charge in [0.1, 0.15) is 17.0 Å². The van der Waals surface area contributed by atoms with Crippen molar-refractivity contribution in [2.24, 2.45) is 0 Å². The molecule has 37 heavy (non-hydrogen) atoms. The zero-order valence-corrected chi connectivity index (χ0v) is 19.5. The van der Waals surface area contributed by atoms with Crippen molar-refractivity contribution in [1.82, 2.24) is 9.88 Å². The molecule has 2 aromatic carbocycles. The molecule has 3 aromatic rings. The van der Waals surface area contributed by atoms with Crippen LogP contribution in [0.2, 0.25) is 0 Å². The zero-order valence-electron chi connectivity index (χ0n) is 19.5. The molecule has 7 nitrogen and oxygen atoms in total. The van der Waals surface area contributed by atoms with E-state index in [9.17, 15) is 18.8 Å². The number of carbonyl (C=O) groups excluding carboxylic acids is 3. The Morgan fingerprint density at radius 1 is 0.919 bits per heavy atom. The second kappa shape index (κ2) is 9.09. The highest BCUT2D eigenvalue weighted by Crippen LogP contribution is 2.38. The van der Waals surface area contributed by atoms with Crippen LogP contribution in [0.4, 0.5) is 29.3 Å². The van der Waals surface area contributed by atoms with Crippen molar-refractivity contribution in [2.45, 2.75) is 18.9 Å². The van der Waals surface area contributed by atoms with Gasteiger partial charge < -0.3 is 9.80 Å². The molecule has 0 spiro atoms. The number of rotatable bonds is 2. The number of benzene rings is 2. The molecule has 0 saturated carbocycles. The topological polar surface area (TPSA) is 73.8 Å². The highest BCUT2D eigenvalue weighted by atomic mass is 19.1. The summed E-state index contributed by atoms with van der Waals surface area (Å²) < 4.78 is 44.0. The van der Waals surface area contributed by atoms with Gasteiger partial charge in [0.25, 0.3) is 5.91 Å². The van der Waals surface area contributed by atoms with E-state index in [2.05, 4.69) is 16.8 Å². The van der Waals surface area contributed by atoms with Crippen LogP contribution in [0.1, 0.15) is 24.5 Å². The second-order valence-corrected chi connectivity index (χ2v) is 8.80. The lowest BCUT2D eigenvalue weighted by Gasteiger charge is -2.51. The lowest BCUT2D eigenvalue weighted by atomic mass is 9.88. The van der Waals surface area contributed by atoms with Crippen molar-refractivity contribution in [3.63, 3.8) is 0 Å². The fraction of sp³-hybridized carbons (Fsp3) is 0.185. The van der Waals surface area contributed by atoms with Crippen molar-refractivity contribution in [3.05, 3.63) is 89.5 Å². The van der Waals surface area contributed by atoms with E-state index in [-0.39, 0.29) is 24.2 Å². The number of urea groups is 1. The molecule has 2 fully saturated rings. The van der Waals surface area contributed by atoms with Gasteiger partial charge in [0.15, 0.2) is 11.6 Å². The molecule has 1 atom stereocenters. The SMILES string of the molecule is C[C@@]12CC(=O)N(c3c(F)cc(C#Cc4ccccc4F)cc3F)C(=O)N1CCN(c1cccnc1)C2=O. The molecule has 186 valence electrons. The van der Waals surface area contributed by atoms with Gasteiger partial charge in [0.05, 0.1) is 23.9 Å². The number of fused-ring (bicyclic) bond motifs is 1. The average molecular weight is 504 g/mol. The Hall–Kier alpha value is -4.65. The fourth-order valence-electron chi connectivity index (χ4n) is 4.57. The summed E-state index contributed by atoms with van der Waals surface area (Å²) in [5.74, 6) is 0.610. The largest absolute Gasteiger partial charge is 0.332 e. The molecule has 2 aliphatic rings. The molecule has 4 amide bonds. The van der Waals surface area contributed by atoms with Gasteiger partial charge >= 0.3 is 6.03 Å². The van der Waals surface area contributed by atoms with Gasteiger partial charge in [-0.05, 0) is 43.3 Å². The highest BCUT2D eigenvalue weighted by molar-refractivity contribution is 6.20. The van der Waals surface area contributed by atoms with E-state index >= 15 is 8.78 Å². The van der Waals surface area contributed by atoms with Crippen LogP contribution in [0.15, 0.2) is 60.9 Å². The maximum absolute atomic E-state index is 15.1. The predicted molar refractivity (Wildman–Crippen MR) is 128 cm³/mol. The van der Waals surface area contributed by atoms with Gasteiger partial charge in [-0.2, -0.15) is 0 Å². The summed E-state index contributed by atoms with van der Waals surface area (Å²) in [5, 5.41) is 0. The van der Waals surface area contributed by atoms with E-state index in [0.29, 0.717) is 10.6 Å². The van der Waals surface area contributed by atoms with E-state index < -0.39 is 52.9 Å². The molecule has 3 heterocycles. The monoisotopic (exact) mass is 504 g/mol. The Labute approximate surface area is 210 Å². The quantitative estimate of drug-likeness (QED) is 0.497. The van der Waals surface area contributed by atoms with Crippen molar-refractivity contribution >= 4 is 29.2 Å². The van der Waals surface area contributed by atoms with E-state index in [1.807, 2.05) is 0 Å². The first-order valence-corrected chi connectivity index (χ1v) is 11.3. The summed E-state index contributed by atoms with van der Waals surface area (Å²) in [4.78, 5) is 46.8. The molecule has 2 saturated heterocycles. The molecular weight excluding hydrogens is 485 g/mol. The Bertz CT molecular complexity index is 1480. The van der Waals surface area contributed by atoms with Crippen LogP contribution in [0.25, 0.3) is 0 Å². The van der Waals surface area contributed by atoms with E-state index in [4.69, 9.17) is 0 Å². The Morgan fingerprint density at radius 3 is 2.32 bits per heavy atom. The van der Waals surface area contributed by atoms with Crippen LogP contribution in [0.3, 0.4) is 0 Å². The second-order valence-electron chi connectivity index (χ2n) is 8.80. The molecule has 10 heteroatoms. The number of piperazine rings is 1. The number of anilines is 2. The van der Waals surface area contributed by atoms with Crippen LogP contribution < -0.4 is 9.80 Å². The van der Waals surface area contributed by atoms with Crippen molar-refractivity contribution in [1.29, 1.82) is 0 Å². The number of nitrogens with zero attached hydrogens (tertiary/aromatic N) is 4. The van der Waals surface area contributed by atoms with Crippen LogP contribution >= 0.6 is 0 Å². The number of amides is 4. The van der Waals surface area contributed by atoms with E-state index in [1.165, 1.54) is 36.2 Å². The zero-order chi connectivity index (χ0) is 26.3. The predicted octanol–water partition coefficient (Wildman–Crippen LogP) is 3.86. The molecule has 5 rings (SSSR count). The van der Waals surface area contributed by atoms with E-state index in [1.54, 1.807) is 24.4 Å². The smallest absolute Gasteiger partial charge is 0.307 e. The summed E-state index contributed by atoms with van der Waals surface area (Å²) in [6, 6.07) is 9.76. The van der Waals surface area contributed by atoms with Gasteiger partial charge in [0, 0.05) is 24.8 Å². The van der Waals surface area contributed by atoms with Gasteiger partial charge in [0.2, 0.25) is 5.91 Å². The van der Waals surface area contributed by atoms with Gasteiger partial charge in [-0.1, -0.05) is 24.0 Å². The Balaban J connectivity index is 1.45. The number of imide groups is 1. The van der Waals surface area contributed by atoms with Gasteiger partial charge in [-0.15, -0.1) is 0 Å². The number of halogens is 3. The van der Waals surface area contributed by atoms with Crippen molar-refractivity contribution in [3.8, 4) is 11.8 Å². The van der Waals surface area contributed by atoms with E-state index in [0.717, 1.165) is 17.0 Å². The maximum atomic E-state index is 15.1. The van der Waals surface area contributed by atoms with Crippen molar-refractivity contribution < 1.29 is 27.6 Å². The third-order valence-corrected chi connectivity index (χ3v) is 6.43. The minimum Gasteiger partial charge on any atom is -0.307 e. The average Bonchev–Trinajstić information content (AvgIpc) is 2.87. The fourth-order valence-corrected chi connectivity index (χ4v) is 4.57. The molecule has 2 aliphatic heterocycles. The molecule has 0 unspecified atom stereocenters. The third-order valence-electron chi connectivity index (χ3n) is 6.43. The third kappa shape index (κ3) is 4.08. The summed E-state index contributed by atoms with van der Waals surface area (Å²) in [7, 11) is 0. The molecule has 1 aromatic heterocycles. The Morgan fingerprint density at radius 2 is 1.65 bits per heavy atom. The van der Waals surface area contributed by atoms with Crippen molar-refractivity contribution in [2.75, 3.05) is 22.9 Å². The summed E-state index contributed by atoms with van der Waals surface area (Å²) in [6.07, 6.45) is 2.58. The summed E-state index contributed by atoms with van der Waals surface area (Å²) >= 11 is 0. The molecule has 0 radical (unpaired) electrons. The molecular formula is C27H19F3N4O3. The number of carbonyl (C=O) groups is 3. The van der Waals surface area contributed by atoms with Crippen LogP contribution in [0, 0.1) is 29.3 Å². The van der Waals surface area contributed by atoms with Crippen LogP contribution in [-0.4, -0.2) is 46.4 Å². The summed E-state index contributed by atoms with van der Waals surface area (Å²) in [6.45, 7) is 1.61. The summed E-state index contributed by atoms with van der Waals surface area (Å²) in [5.41, 5.74) is -1.93. The standard InChI is InChI=1S/C27H19F3N4O3/c1-27-15-23(35)34(26(37)33(27)12-11-32(25(27)36)19-6-4-10-31-16-19)24-21(29)13-17(14-22(24)30)8-9-18-5-2-3-7-20(18)28/h2-7,10,13-14,16H,11-12,15H2,1H3/t27-/m0/s1. The first-order chi connectivity index (χ1) is 17.7. The lowest BCUT2D eigenvalue weighted by molar-refractivity contribution is -0.137. The minimum atomic E-state index is -1.53. The molecule has 0 aliphatic carbocycles. The molecule has 0 N–H and O–H groups in total. The van der Waals surface area contributed by atoms with Crippen LogP contribution in [-0.2, 0) is 9.59 Å². The highest BCUT2D eigenvalue weighted by Gasteiger charge is 2.56. The first-order valence-electron chi connectivity index (χ1n) is 11.3. The molecule has 0 bridgehead atoms. The number of pyridine rings is 1. The first kappa shape index (κ1) is 24.1. The number of hydrogen-bond acceptors (Lipinski definition) is 4.